The second-order valence-electron chi connectivity index (χ2n) is 5.31. The zero-order valence-electron chi connectivity index (χ0n) is 13.6. The summed E-state index contributed by atoms with van der Waals surface area (Å²) in [4.78, 5) is 23.9. The number of esters is 2. The second-order valence-corrected chi connectivity index (χ2v) is 5.31. The van der Waals surface area contributed by atoms with Gasteiger partial charge in [-0.05, 0) is 44.2 Å². The third kappa shape index (κ3) is 4.34. The molecule has 1 aliphatic rings. The average molecular weight is 317 g/mol. The predicted octanol–water partition coefficient (Wildman–Crippen LogP) is 2.66. The SMILES string of the molecule is CCOC(=O)C(=CNC1CCCc2ccccc21)C(=O)OCC. The fraction of sp³-hybridized carbons (Fsp3) is 0.444. The smallest absolute Gasteiger partial charge is 0.347 e. The third-order valence-electron chi connectivity index (χ3n) is 3.79. The lowest BCUT2D eigenvalue weighted by atomic mass is 9.88. The summed E-state index contributed by atoms with van der Waals surface area (Å²) < 4.78 is 9.87. The number of ether oxygens (including phenoxy) is 2. The molecule has 1 N–H and O–H groups in total. The van der Waals surface area contributed by atoms with Gasteiger partial charge in [0.05, 0.1) is 19.3 Å². The molecule has 0 bridgehead atoms. The van der Waals surface area contributed by atoms with Crippen molar-refractivity contribution in [2.24, 2.45) is 0 Å². The molecule has 0 fully saturated rings. The van der Waals surface area contributed by atoms with Crippen LogP contribution in [0.4, 0.5) is 0 Å². The van der Waals surface area contributed by atoms with E-state index in [1.54, 1.807) is 13.8 Å². The van der Waals surface area contributed by atoms with Crippen LogP contribution in [-0.4, -0.2) is 25.2 Å². The summed E-state index contributed by atoms with van der Waals surface area (Å²) >= 11 is 0. The molecule has 0 spiro atoms. The Balaban J connectivity index is 2.17. The van der Waals surface area contributed by atoms with Gasteiger partial charge in [-0.25, -0.2) is 9.59 Å². The molecule has 0 aromatic heterocycles. The maximum absolute atomic E-state index is 11.9. The van der Waals surface area contributed by atoms with Crippen LogP contribution in [0.3, 0.4) is 0 Å². The van der Waals surface area contributed by atoms with Gasteiger partial charge >= 0.3 is 11.9 Å². The van der Waals surface area contributed by atoms with E-state index in [1.165, 1.54) is 17.3 Å². The number of aryl methyl sites for hydroxylation is 1. The Bertz CT molecular complexity index is 574. The van der Waals surface area contributed by atoms with E-state index in [2.05, 4.69) is 17.4 Å². The maximum atomic E-state index is 11.9. The van der Waals surface area contributed by atoms with E-state index in [-0.39, 0.29) is 24.8 Å². The minimum Gasteiger partial charge on any atom is -0.462 e. The van der Waals surface area contributed by atoms with Gasteiger partial charge in [0.2, 0.25) is 0 Å². The van der Waals surface area contributed by atoms with E-state index in [0.717, 1.165) is 19.3 Å². The van der Waals surface area contributed by atoms with E-state index in [1.807, 2.05) is 12.1 Å². The molecule has 0 saturated heterocycles. The van der Waals surface area contributed by atoms with Crippen molar-refractivity contribution in [2.45, 2.75) is 39.2 Å². The monoisotopic (exact) mass is 317 g/mol. The summed E-state index contributed by atoms with van der Waals surface area (Å²) in [7, 11) is 0. The third-order valence-corrected chi connectivity index (χ3v) is 3.79. The highest BCUT2D eigenvalue weighted by molar-refractivity contribution is 6.13. The van der Waals surface area contributed by atoms with Crippen molar-refractivity contribution >= 4 is 11.9 Å². The quantitative estimate of drug-likeness (QED) is 0.378. The van der Waals surface area contributed by atoms with Gasteiger partial charge in [0.1, 0.15) is 0 Å². The molecule has 0 radical (unpaired) electrons. The number of hydrogen-bond acceptors (Lipinski definition) is 5. The average Bonchev–Trinajstić information content (AvgIpc) is 2.55. The van der Waals surface area contributed by atoms with Crippen molar-refractivity contribution < 1.29 is 19.1 Å². The van der Waals surface area contributed by atoms with Gasteiger partial charge in [-0.2, -0.15) is 0 Å². The van der Waals surface area contributed by atoms with Gasteiger partial charge in [-0.1, -0.05) is 24.3 Å². The van der Waals surface area contributed by atoms with Crippen molar-refractivity contribution in [2.75, 3.05) is 13.2 Å². The molecule has 5 heteroatoms. The highest BCUT2D eigenvalue weighted by Gasteiger charge is 2.23. The molecule has 1 unspecified atom stereocenters. The fourth-order valence-electron chi connectivity index (χ4n) is 2.73. The van der Waals surface area contributed by atoms with Crippen molar-refractivity contribution in [1.82, 2.24) is 5.32 Å². The van der Waals surface area contributed by atoms with Gasteiger partial charge in [0.15, 0.2) is 5.57 Å². The van der Waals surface area contributed by atoms with Crippen LogP contribution in [0.1, 0.15) is 43.9 Å². The molecule has 0 amide bonds. The summed E-state index contributed by atoms with van der Waals surface area (Å²) in [6, 6.07) is 8.30. The van der Waals surface area contributed by atoms with Gasteiger partial charge in [0, 0.05) is 6.20 Å². The maximum Gasteiger partial charge on any atom is 0.347 e. The van der Waals surface area contributed by atoms with Crippen LogP contribution in [0.5, 0.6) is 0 Å². The van der Waals surface area contributed by atoms with E-state index >= 15 is 0 Å². The molecule has 2 rings (SSSR count). The number of rotatable bonds is 6. The second kappa shape index (κ2) is 8.36. The minimum absolute atomic E-state index is 0.0822. The Labute approximate surface area is 136 Å². The van der Waals surface area contributed by atoms with Crippen molar-refractivity contribution in [3.05, 3.63) is 47.2 Å². The van der Waals surface area contributed by atoms with Crippen LogP contribution in [0.15, 0.2) is 36.0 Å². The first-order valence-electron chi connectivity index (χ1n) is 8.05. The van der Waals surface area contributed by atoms with E-state index in [9.17, 15) is 9.59 Å². The molecule has 5 nitrogen and oxygen atoms in total. The lowest BCUT2D eigenvalue weighted by molar-refractivity contribution is -0.146. The van der Waals surface area contributed by atoms with Crippen LogP contribution < -0.4 is 5.32 Å². The molecule has 0 aliphatic heterocycles. The normalized spacial score (nSPS) is 16.0. The van der Waals surface area contributed by atoms with Crippen LogP contribution >= 0.6 is 0 Å². The molecule has 0 saturated carbocycles. The Kier molecular flexibility index (Phi) is 6.20. The highest BCUT2D eigenvalue weighted by Crippen LogP contribution is 2.29. The zero-order chi connectivity index (χ0) is 16.7. The first-order valence-corrected chi connectivity index (χ1v) is 8.05. The van der Waals surface area contributed by atoms with E-state index < -0.39 is 11.9 Å². The number of fused-ring (bicyclic) bond motifs is 1. The summed E-state index contributed by atoms with van der Waals surface area (Å²) in [5, 5.41) is 3.19. The molecule has 1 aromatic rings. The van der Waals surface area contributed by atoms with Crippen molar-refractivity contribution in [1.29, 1.82) is 0 Å². The van der Waals surface area contributed by atoms with E-state index in [4.69, 9.17) is 9.47 Å². The summed E-state index contributed by atoms with van der Waals surface area (Å²) in [6.45, 7) is 3.82. The Morgan fingerprint density at radius 1 is 1.17 bits per heavy atom. The predicted molar refractivity (Wildman–Crippen MR) is 86.6 cm³/mol. The Hall–Kier alpha value is -2.30. The summed E-state index contributed by atoms with van der Waals surface area (Å²) in [6.07, 6.45) is 4.51. The molecular weight excluding hydrogens is 294 g/mol. The van der Waals surface area contributed by atoms with Crippen LogP contribution in [-0.2, 0) is 25.5 Å². The standard InChI is InChI=1S/C18H23NO4/c1-3-22-17(20)15(18(21)23-4-2)12-19-16-11-7-9-13-8-5-6-10-14(13)16/h5-6,8,10,12,16,19H,3-4,7,9,11H2,1-2H3. The van der Waals surface area contributed by atoms with Crippen LogP contribution in [0.25, 0.3) is 0 Å². The molecular formula is C18H23NO4. The van der Waals surface area contributed by atoms with Crippen molar-refractivity contribution in [3.63, 3.8) is 0 Å². The van der Waals surface area contributed by atoms with E-state index in [0.29, 0.717) is 0 Å². The van der Waals surface area contributed by atoms with Crippen molar-refractivity contribution in [3.8, 4) is 0 Å². The summed E-state index contributed by atoms with van der Waals surface area (Å²) in [5.41, 5.74) is 2.41. The van der Waals surface area contributed by atoms with Gasteiger partial charge < -0.3 is 14.8 Å². The number of nitrogens with one attached hydrogen (secondary N) is 1. The number of carbonyl (C=O) groups excluding carboxylic acids is 2. The Morgan fingerprint density at radius 3 is 2.48 bits per heavy atom. The lowest BCUT2D eigenvalue weighted by Gasteiger charge is -2.26. The molecule has 124 valence electrons. The van der Waals surface area contributed by atoms with Gasteiger partial charge in [0.25, 0.3) is 0 Å². The van der Waals surface area contributed by atoms with Gasteiger partial charge in [-0.3, -0.25) is 0 Å². The first kappa shape index (κ1) is 17.1. The molecule has 1 aromatic carbocycles. The minimum atomic E-state index is -0.664. The number of benzene rings is 1. The molecule has 0 heterocycles. The fourth-order valence-corrected chi connectivity index (χ4v) is 2.73. The molecule has 1 aliphatic carbocycles. The van der Waals surface area contributed by atoms with Gasteiger partial charge in [-0.15, -0.1) is 0 Å². The highest BCUT2D eigenvalue weighted by atomic mass is 16.6. The number of carbonyl (C=O) groups is 2. The largest absolute Gasteiger partial charge is 0.462 e. The molecule has 1 atom stereocenters. The van der Waals surface area contributed by atoms with Crippen LogP contribution in [0.2, 0.25) is 0 Å². The first-order chi connectivity index (χ1) is 11.2. The van der Waals surface area contributed by atoms with Crippen LogP contribution in [0, 0.1) is 0 Å². The summed E-state index contributed by atoms with van der Waals surface area (Å²) in [5.74, 6) is -1.33. The Morgan fingerprint density at radius 2 is 1.83 bits per heavy atom. The zero-order valence-corrected chi connectivity index (χ0v) is 13.6. The molecule has 23 heavy (non-hydrogen) atoms. The number of hydrogen-bond donors (Lipinski definition) is 1. The lowest BCUT2D eigenvalue weighted by Crippen LogP contribution is -2.25. The topological polar surface area (TPSA) is 64.6 Å².